The van der Waals surface area contributed by atoms with E-state index >= 15 is 0 Å². The summed E-state index contributed by atoms with van der Waals surface area (Å²) in [5, 5.41) is 2.25. The van der Waals surface area contributed by atoms with Crippen molar-refractivity contribution in [2.45, 2.75) is 19.1 Å². The van der Waals surface area contributed by atoms with Gasteiger partial charge in [-0.2, -0.15) is 13.2 Å². The van der Waals surface area contributed by atoms with Crippen molar-refractivity contribution in [1.82, 2.24) is 5.32 Å². The van der Waals surface area contributed by atoms with Gasteiger partial charge in [0, 0.05) is 0 Å². The Hall–Kier alpha value is -3.04. The third-order valence-corrected chi connectivity index (χ3v) is 6.64. The van der Waals surface area contributed by atoms with Crippen LogP contribution in [0.2, 0.25) is 5.02 Å². The van der Waals surface area contributed by atoms with Gasteiger partial charge in [-0.25, -0.2) is 8.42 Å². The second kappa shape index (κ2) is 10.1. The van der Waals surface area contributed by atoms with Gasteiger partial charge in [-0.05, 0) is 41.8 Å². The molecule has 1 atom stereocenters. The maximum atomic E-state index is 13.3. The highest BCUT2D eigenvalue weighted by molar-refractivity contribution is 7.92. The Morgan fingerprint density at radius 3 is 2.24 bits per heavy atom. The van der Waals surface area contributed by atoms with Crippen LogP contribution in [0.5, 0.6) is 0 Å². The Morgan fingerprint density at radius 1 is 1.03 bits per heavy atom. The summed E-state index contributed by atoms with van der Waals surface area (Å²) >= 11 is 5.66. The quantitative estimate of drug-likeness (QED) is 0.466. The van der Waals surface area contributed by atoms with Crippen molar-refractivity contribution >= 4 is 33.2 Å². The molecule has 1 amide bonds. The number of alkyl halides is 3. The summed E-state index contributed by atoms with van der Waals surface area (Å²) < 4.78 is 65.4. The highest BCUT2D eigenvalue weighted by Gasteiger charge is 2.35. The highest BCUT2D eigenvalue weighted by atomic mass is 35.5. The van der Waals surface area contributed by atoms with Crippen molar-refractivity contribution < 1.29 is 26.4 Å². The highest BCUT2D eigenvalue weighted by Crippen LogP contribution is 2.37. The molecule has 0 spiro atoms. The molecule has 1 N–H and O–H groups in total. The van der Waals surface area contributed by atoms with Crippen LogP contribution in [0.15, 0.2) is 72.8 Å². The van der Waals surface area contributed by atoms with Gasteiger partial charge in [-0.1, -0.05) is 66.2 Å². The average Bonchev–Trinajstić information content (AvgIpc) is 2.76. The van der Waals surface area contributed by atoms with Crippen LogP contribution in [-0.4, -0.2) is 27.1 Å². The molecule has 180 valence electrons. The molecule has 0 saturated carbocycles. The molecule has 0 aliphatic carbocycles. The van der Waals surface area contributed by atoms with Gasteiger partial charge in [0.25, 0.3) is 0 Å². The number of halogens is 4. The SMILES string of the molecule is Cc1ccccc1[C@@H](NC(=O)CN(c1ccc(Cl)c(C(F)(F)F)c1)S(C)(=O)=O)c1ccccc1. The second-order valence-electron chi connectivity index (χ2n) is 7.70. The number of aryl methyl sites for hydroxylation is 1. The van der Waals surface area contributed by atoms with E-state index in [1.54, 1.807) is 0 Å². The zero-order chi connectivity index (χ0) is 25.1. The van der Waals surface area contributed by atoms with E-state index < -0.39 is 45.3 Å². The minimum Gasteiger partial charge on any atom is -0.344 e. The van der Waals surface area contributed by atoms with E-state index in [1.165, 1.54) is 0 Å². The number of hydrogen-bond acceptors (Lipinski definition) is 3. The summed E-state index contributed by atoms with van der Waals surface area (Å²) in [5.41, 5.74) is 0.967. The number of hydrogen-bond donors (Lipinski definition) is 1. The molecule has 3 aromatic rings. The van der Waals surface area contributed by atoms with Crippen molar-refractivity contribution in [2.24, 2.45) is 0 Å². The lowest BCUT2D eigenvalue weighted by molar-refractivity contribution is -0.137. The molecule has 34 heavy (non-hydrogen) atoms. The van der Waals surface area contributed by atoms with E-state index in [-0.39, 0.29) is 5.69 Å². The summed E-state index contributed by atoms with van der Waals surface area (Å²) in [6.07, 6.45) is -3.97. The largest absolute Gasteiger partial charge is 0.417 e. The first-order valence-electron chi connectivity index (χ1n) is 10.1. The average molecular weight is 511 g/mol. The zero-order valence-corrected chi connectivity index (χ0v) is 19.9. The molecule has 0 bridgehead atoms. The number of nitrogens with one attached hydrogen (secondary N) is 1. The number of rotatable bonds is 7. The predicted octanol–water partition coefficient (Wildman–Crippen LogP) is 5.34. The summed E-state index contributed by atoms with van der Waals surface area (Å²) in [7, 11) is -4.10. The van der Waals surface area contributed by atoms with E-state index in [2.05, 4.69) is 5.32 Å². The van der Waals surface area contributed by atoms with Crippen LogP contribution >= 0.6 is 11.6 Å². The monoisotopic (exact) mass is 510 g/mol. The lowest BCUT2D eigenvalue weighted by Gasteiger charge is -2.26. The Bertz CT molecular complexity index is 1280. The predicted molar refractivity (Wildman–Crippen MR) is 126 cm³/mol. The summed E-state index contributed by atoms with van der Waals surface area (Å²) in [4.78, 5) is 13.0. The van der Waals surface area contributed by atoms with Crippen LogP contribution in [0.1, 0.15) is 28.3 Å². The molecular formula is C24H22ClF3N2O3S. The smallest absolute Gasteiger partial charge is 0.344 e. The van der Waals surface area contributed by atoms with Crippen LogP contribution in [0, 0.1) is 6.92 Å². The van der Waals surface area contributed by atoms with Gasteiger partial charge >= 0.3 is 6.18 Å². The van der Waals surface area contributed by atoms with Gasteiger partial charge < -0.3 is 5.32 Å². The second-order valence-corrected chi connectivity index (χ2v) is 10.0. The molecule has 3 rings (SSSR count). The van der Waals surface area contributed by atoms with Crippen LogP contribution in [-0.2, 0) is 21.0 Å². The van der Waals surface area contributed by atoms with Crippen molar-refractivity contribution in [3.05, 3.63) is 100 Å². The fourth-order valence-corrected chi connectivity index (χ4v) is 4.59. The van der Waals surface area contributed by atoms with E-state index in [9.17, 15) is 26.4 Å². The van der Waals surface area contributed by atoms with Crippen molar-refractivity contribution in [3.8, 4) is 0 Å². The lowest BCUT2D eigenvalue weighted by atomic mass is 9.95. The minimum absolute atomic E-state index is 0.318. The number of sulfonamides is 1. The minimum atomic E-state index is -4.79. The van der Waals surface area contributed by atoms with Crippen LogP contribution < -0.4 is 9.62 Å². The molecule has 0 aliphatic rings. The zero-order valence-electron chi connectivity index (χ0n) is 18.3. The fourth-order valence-electron chi connectivity index (χ4n) is 3.52. The fraction of sp³-hybridized carbons (Fsp3) is 0.208. The molecular weight excluding hydrogens is 489 g/mol. The standard InChI is InChI=1S/C24H22ClF3N2O3S/c1-16-8-6-7-11-19(16)23(17-9-4-3-5-10-17)29-22(31)15-30(34(2,32)33)18-12-13-21(25)20(14-18)24(26,27)28/h3-14,23H,15H2,1-2H3,(H,29,31)/t23-/m0/s1. The molecule has 0 aromatic heterocycles. The third kappa shape index (κ3) is 6.09. The number of carbonyl (C=O) groups excluding carboxylic acids is 1. The summed E-state index contributed by atoms with van der Waals surface area (Å²) in [6.45, 7) is 1.17. The van der Waals surface area contributed by atoms with Crippen molar-refractivity contribution in [3.63, 3.8) is 0 Å². The van der Waals surface area contributed by atoms with E-state index in [0.29, 0.717) is 10.4 Å². The molecule has 0 aliphatic heterocycles. The van der Waals surface area contributed by atoms with Crippen molar-refractivity contribution in [2.75, 3.05) is 17.1 Å². The third-order valence-electron chi connectivity index (χ3n) is 5.17. The molecule has 5 nitrogen and oxygen atoms in total. The number of nitrogens with zero attached hydrogens (tertiary/aromatic N) is 1. The van der Waals surface area contributed by atoms with Gasteiger partial charge in [0.1, 0.15) is 6.54 Å². The maximum absolute atomic E-state index is 13.3. The van der Waals surface area contributed by atoms with E-state index in [1.807, 2.05) is 61.5 Å². The molecule has 0 radical (unpaired) electrons. The Kier molecular flexibility index (Phi) is 7.57. The van der Waals surface area contributed by atoms with E-state index in [4.69, 9.17) is 11.6 Å². The normalized spacial score (nSPS) is 12.8. The van der Waals surface area contributed by atoms with Gasteiger partial charge in [0.2, 0.25) is 15.9 Å². The van der Waals surface area contributed by atoms with Crippen LogP contribution in [0.25, 0.3) is 0 Å². The molecule has 10 heteroatoms. The first-order valence-corrected chi connectivity index (χ1v) is 12.3. The topological polar surface area (TPSA) is 66.5 Å². The van der Waals surface area contributed by atoms with Gasteiger partial charge in [-0.15, -0.1) is 0 Å². The van der Waals surface area contributed by atoms with Crippen molar-refractivity contribution in [1.29, 1.82) is 0 Å². The van der Waals surface area contributed by atoms with Crippen LogP contribution in [0.4, 0.5) is 18.9 Å². The number of benzene rings is 3. The molecule has 0 saturated heterocycles. The Morgan fingerprint density at radius 2 is 1.65 bits per heavy atom. The number of carbonyl (C=O) groups is 1. The molecule has 3 aromatic carbocycles. The summed E-state index contributed by atoms with van der Waals surface area (Å²) in [5.74, 6) is -0.689. The van der Waals surface area contributed by atoms with Gasteiger partial charge in [0.15, 0.2) is 0 Å². The van der Waals surface area contributed by atoms with Crippen LogP contribution in [0.3, 0.4) is 0 Å². The number of amides is 1. The molecule has 0 fully saturated rings. The molecule has 0 heterocycles. The van der Waals surface area contributed by atoms with Gasteiger partial charge in [-0.3, -0.25) is 9.10 Å². The van der Waals surface area contributed by atoms with E-state index in [0.717, 1.165) is 35.1 Å². The number of anilines is 1. The first kappa shape index (κ1) is 25.6. The summed E-state index contributed by atoms with van der Waals surface area (Å²) in [6, 6.07) is 18.6. The maximum Gasteiger partial charge on any atom is 0.417 e. The van der Waals surface area contributed by atoms with Gasteiger partial charge in [0.05, 0.1) is 28.6 Å². The Balaban J connectivity index is 1.95. The first-order chi connectivity index (χ1) is 15.9. The Labute approximate surface area is 201 Å². The lowest BCUT2D eigenvalue weighted by Crippen LogP contribution is -2.42. The molecule has 0 unspecified atom stereocenters.